The molecule has 0 saturated carbocycles. The Kier molecular flexibility index (Phi) is 6.73. The van der Waals surface area contributed by atoms with Crippen molar-refractivity contribution in [2.45, 2.75) is 17.9 Å². The van der Waals surface area contributed by atoms with Gasteiger partial charge in [-0.15, -0.1) is 0 Å². The number of benzene rings is 2. The zero-order valence-corrected chi connectivity index (χ0v) is 17.6. The minimum Gasteiger partial charge on any atom is -0.449 e. The van der Waals surface area contributed by atoms with E-state index in [-0.39, 0.29) is 10.5 Å². The number of morpholine rings is 1. The first-order chi connectivity index (χ1) is 14.2. The fourth-order valence-corrected chi connectivity index (χ4v) is 3.62. The van der Waals surface area contributed by atoms with Crippen LogP contribution in [-0.4, -0.2) is 59.0 Å². The highest BCUT2D eigenvalue weighted by atomic mass is 32.2. The Morgan fingerprint density at radius 3 is 2.40 bits per heavy atom. The van der Waals surface area contributed by atoms with Crippen LogP contribution in [0.4, 0.5) is 11.4 Å². The maximum absolute atomic E-state index is 12.4. The van der Waals surface area contributed by atoms with Crippen molar-refractivity contribution >= 4 is 33.1 Å². The van der Waals surface area contributed by atoms with Gasteiger partial charge in [0, 0.05) is 30.7 Å². The van der Waals surface area contributed by atoms with E-state index >= 15 is 0 Å². The maximum Gasteiger partial charge on any atom is 0.338 e. The average molecular weight is 432 g/mol. The van der Waals surface area contributed by atoms with Gasteiger partial charge < -0.3 is 19.7 Å². The highest BCUT2D eigenvalue weighted by Gasteiger charge is 2.20. The molecule has 160 valence electrons. The molecule has 9 heteroatoms. The lowest BCUT2D eigenvalue weighted by Crippen LogP contribution is -2.36. The summed E-state index contributed by atoms with van der Waals surface area (Å²) in [4.78, 5) is 26.9. The van der Waals surface area contributed by atoms with E-state index in [9.17, 15) is 18.0 Å². The fraction of sp³-hybridized carbons (Fsp3) is 0.333. The number of hydrogen-bond donors (Lipinski definition) is 1. The summed E-state index contributed by atoms with van der Waals surface area (Å²) >= 11 is 0. The van der Waals surface area contributed by atoms with Crippen molar-refractivity contribution in [3.63, 3.8) is 0 Å². The van der Waals surface area contributed by atoms with Crippen molar-refractivity contribution in [1.29, 1.82) is 0 Å². The SMILES string of the molecule is CC(OC(=O)c1cccc(S(C)(=O)=O)c1)C(=O)Nc1ccc(N2CCOCC2)cc1. The third-order valence-corrected chi connectivity index (χ3v) is 5.77. The van der Waals surface area contributed by atoms with Crippen LogP contribution >= 0.6 is 0 Å². The number of hydrogen-bond acceptors (Lipinski definition) is 7. The van der Waals surface area contributed by atoms with Gasteiger partial charge in [0.25, 0.3) is 5.91 Å². The minimum atomic E-state index is -3.45. The summed E-state index contributed by atoms with van der Waals surface area (Å²) in [5, 5.41) is 2.71. The second-order valence-corrected chi connectivity index (χ2v) is 9.00. The quantitative estimate of drug-likeness (QED) is 0.698. The van der Waals surface area contributed by atoms with Gasteiger partial charge in [0.2, 0.25) is 0 Å². The summed E-state index contributed by atoms with van der Waals surface area (Å²) in [6, 6.07) is 12.9. The van der Waals surface area contributed by atoms with Crippen LogP contribution in [0.3, 0.4) is 0 Å². The third-order valence-electron chi connectivity index (χ3n) is 4.66. The van der Waals surface area contributed by atoms with Crippen LogP contribution in [0, 0.1) is 0 Å². The molecule has 8 nitrogen and oxygen atoms in total. The van der Waals surface area contributed by atoms with Gasteiger partial charge >= 0.3 is 5.97 Å². The normalized spacial score (nSPS) is 15.3. The van der Waals surface area contributed by atoms with Gasteiger partial charge in [-0.05, 0) is 49.4 Å². The van der Waals surface area contributed by atoms with E-state index in [4.69, 9.17) is 9.47 Å². The molecule has 1 aliphatic rings. The Morgan fingerprint density at radius 1 is 1.10 bits per heavy atom. The van der Waals surface area contributed by atoms with Crippen LogP contribution in [0.25, 0.3) is 0 Å². The molecule has 0 spiro atoms. The number of carbonyl (C=O) groups excluding carboxylic acids is 2. The smallest absolute Gasteiger partial charge is 0.338 e. The van der Waals surface area contributed by atoms with E-state index in [1.54, 1.807) is 12.1 Å². The number of ether oxygens (including phenoxy) is 2. The molecule has 0 radical (unpaired) electrons. The molecule has 1 heterocycles. The van der Waals surface area contributed by atoms with Gasteiger partial charge in [0.1, 0.15) is 0 Å². The van der Waals surface area contributed by atoms with E-state index in [0.717, 1.165) is 25.0 Å². The molecule has 1 atom stereocenters. The van der Waals surface area contributed by atoms with Crippen molar-refractivity contribution < 1.29 is 27.5 Å². The van der Waals surface area contributed by atoms with E-state index < -0.39 is 27.8 Å². The van der Waals surface area contributed by atoms with E-state index in [1.165, 1.54) is 31.2 Å². The fourth-order valence-electron chi connectivity index (χ4n) is 2.96. The summed E-state index contributed by atoms with van der Waals surface area (Å²) < 4.78 is 33.8. The molecule has 3 rings (SSSR count). The Balaban J connectivity index is 1.58. The van der Waals surface area contributed by atoms with Gasteiger partial charge in [-0.2, -0.15) is 0 Å². The second kappa shape index (κ2) is 9.27. The summed E-state index contributed by atoms with van der Waals surface area (Å²) in [6.45, 7) is 4.47. The zero-order valence-electron chi connectivity index (χ0n) is 16.8. The van der Waals surface area contributed by atoms with Crippen molar-refractivity contribution in [1.82, 2.24) is 0 Å². The lowest BCUT2D eigenvalue weighted by molar-refractivity contribution is -0.123. The largest absolute Gasteiger partial charge is 0.449 e. The van der Waals surface area contributed by atoms with Gasteiger partial charge in [-0.3, -0.25) is 4.79 Å². The number of anilines is 2. The van der Waals surface area contributed by atoms with Crippen LogP contribution < -0.4 is 10.2 Å². The van der Waals surface area contributed by atoms with Crippen LogP contribution in [0.15, 0.2) is 53.4 Å². The lowest BCUT2D eigenvalue weighted by Gasteiger charge is -2.28. The first-order valence-corrected chi connectivity index (χ1v) is 11.4. The Labute approximate surface area is 175 Å². The number of nitrogens with one attached hydrogen (secondary N) is 1. The Bertz CT molecular complexity index is 1010. The van der Waals surface area contributed by atoms with Crippen LogP contribution in [0.2, 0.25) is 0 Å². The maximum atomic E-state index is 12.4. The predicted molar refractivity (Wildman–Crippen MR) is 113 cm³/mol. The number of nitrogens with zero attached hydrogens (tertiary/aromatic N) is 1. The molecule has 2 aromatic rings. The van der Waals surface area contributed by atoms with Crippen LogP contribution in [0.5, 0.6) is 0 Å². The molecule has 2 aromatic carbocycles. The summed E-state index contributed by atoms with van der Waals surface area (Å²) in [7, 11) is -3.45. The second-order valence-electron chi connectivity index (χ2n) is 6.98. The third kappa shape index (κ3) is 5.58. The number of sulfone groups is 1. The molecule has 0 aliphatic carbocycles. The molecular weight excluding hydrogens is 408 g/mol. The molecule has 1 saturated heterocycles. The Hall–Kier alpha value is -2.91. The first kappa shape index (κ1) is 21.8. The topological polar surface area (TPSA) is 102 Å². The van der Waals surface area contributed by atoms with Gasteiger partial charge in [-0.1, -0.05) is 6.07 Å². The first-order valence-electron chi connectivity index (χ1n) is 9.49. The van der Waals surface area contributed by atoms with Crippen molar-refractivity contribution in [3.05, 3.63) is 54.1 Å². The molecular formula is C21H24N2O6S. The van der Waals surface area contributed by atoms with E-state index in [0.29, 0.717) is 18.9 Å². The van der Waals surface area contributed by atoms with Crippen LogP contribution in [-0.2, 0) is 24.1 Å². The number of rotatable bonds is 6. The summed E-state index contributed by atoms with van der Waals surface area (Å²) in [6.07, 6.45) is -0.00370. The summed E-state index contributed by atoms with van der Waals surface area (Å²) in [5.41, 5.74) is 1.69. The van der Waals surface area contributed by atoms with E-state index in [2.05, 4.69) is 10.2 Å². The number of esters is 1. The van der Waals surface area contributed by atoms with Crippen molar-refractivity contribution in [2.75, 3.05) is 42.8 Å². The molecule has 1 N–H and O–H groups in total. The molecule has 0 aromatic heterocycles. The zero-order chi connectivity index (χ0) is 21.7. The lowest BCUT2D eigenvalue weighted by atomic mass is 10.2. The number of carbonyl (C=O) groups is 2. The Morgan fingerprint density at radius 2 is 1.77 bits per heavy atom. The molecule has 1 aliphatic heterocycles. The highest BCUT2D eigenvalue weighted by molar-refractivity contribution is 7.90. The molecule has 1 unspecified atom stereocenters. The standard InChI is InChI=1S/C21H24N2O6S/c1-15(29-21(25)16-4-3-5-19(14-16)30(2,26)27)20(24)22-17-6-8-18(9-7-17)23-10-12-28-13-11-23/h3-9,14-15H,10-13H2,1-2H3,(H,22,24). The van der Waals surface area contributed by atoms with Gasteiger partial charge in [-0.25, -0.2) is 13.2 Å². The molecule has 1 fully saturated rings. The summed E-state index contributed by atoms with van der Waals surface area (Å²) in [5.74, 6) is -1.26. The van der Waals surface area contributed by atoms with Crippen LogP contribution in [0.1, 0.15) is 17.3 Å². The average Bonchev–Trinajstić information content (AvgIpc) is 2.74. The minimum absolute atomic E-state index is 0.00872. The van der Waals surface area contributed by atoms with Gasteiger partial charge in [0.05, 0.1) is 23.7 Å². The van der Waals surface area contributed by atoms with Crippen molar-refractivity contribution in [2.24, 2.45) is 0 Å². The molecule has 0 bridgehead atoms. The van der Waals surface area contributed by atoms with Crippen molar-refractivity contribution in [3.8, 4) is 0 Å². The van der Waals surface area contributed by atoms with Gasteiger partial charge in [0.15, 0.2) is 15.9 Å². The molecule has 1 amide bonds. The number of amides is 1. The van der Waals surface area contributed by atoms with E-state index in [1.807, 2.05) is 12.1 Å². The monoisotopic (exact) mass is 432 g/mol. The highest BCUT2D eigenvalue weighted by Crippen LogP contribution is 2.19. The molecule has 30 heavy (non-hydrogen) atoms. The predicted octanol–water partition coefficient (Wildman–Crippen LogP) is 2.11.